The van der Waals surface area contributed by atoms with E-state index in [-0.39, 0.29) is 4.90 Å². The Hall–Kier alpha value is -1.33. The van der Waals surface area contributed by atoms with E-state index in [0.29, 0.717) is 0 Å². The van der Waals surface area contributed by atoms with Crippen molar-refractivity contribution in [1.82, 2.24) is 9.78 Å². The van der Waals surface area contributed by atoms with Gasteiger partial charge >= 0.3 is 0 Å². The third-order valence-electron chi connectivity index (χ3n) is 2.11. The highest BCUT2D eigenvalue weighted by Gasteiger charge is 2.12. The fourth-order valence-corrected chi connectivity index (χ4v) is 1.98. The van der Waals surface area contributed by atoms with Crippen molar-refractivity contribution in [3.8, 4) is 5.69 Å². The van der Waals surface area contributed by atoms with Gasteiger partial charge in [0.1, 0.15) is 4.90 Å². The molecule has 6 heteroatoms. The maximum Gasteiger partial charge on any atom is 0.264 e. The second-order valence-corrected chi connectivity index (χ2v) is 5.96. The van der Waals surface area contributed by atoms with Gasteiger partial charge in [-0.2, -0.15) is 5.10 Å². The maximum atomic E-state index is 11.1. The monoisotopic (exact) mass is 256 g/mol. The molecule has 0 aliphatic rings. The van der Waals surface area contributed by atoms with E-state index < -0.39 is 9.05 Å². The second-order valence-electron chi connectivity index (χ2n) is 3.40. The summed E-state index contributed by atoms with van der Waals surface area (Å²) in [5.41, 5.74) is 1.87. The number of aryl methyl sites for hydroxylation is 1. The Labute approximate surface area is 97.9 Å². The molecule has 2 aromatic rings. The Morgan fingerprint density at radius 1 is 1.38 bits per heavy atom. The average Bonchev–Trinajstić information content (AvgIpc) is 2.65. The number of halogens is 1. The van der Waals surface area contributed by atoms with Crippen LogP contribution in [-0.4, -0.2) is 18.2 Å². The van der Waals surface area contributed by atoms with Crippen LogP contribution in [0.25, 0.3) is 5.69 Å². The van der Waals surface area contributed by atoms with Gasteiger partial charge in [0.2, 0.25) is 0 Å². The van der Waals surface area contributed by atoms with Crippen LogP contribution < -0.4 is 0 Å². The van der Waals surface area contributed by atoms with Crippen LogP contribution in [0.15, 0.2) is 41.6 Å². The quantitative estimate of drug-likeness (QED) is 0.774. The molecule has 0 aliphatic heterocycles. The van der Waals surface area contributed by atoms with E-state index in [1.807, 2.05) is 31.2 Å². The normalized spacial score (nSPS) is 11.6. The summed E-state index contributed by atoms with van der Waals surface area (Å²) in [5.74, 6) is 0. The molecule has 84 valence electrons. The number of hydrogen-bond acceptors (Lipinski definition) is 3. The van der Waals surface area contributed by atoms with Gasteiger partial charge in [0.05, 0.1) is 18.1 Å². The number of rotatable bonds is 2. The van der Waals surface area contributed by atoms with Gasteiger partial charge < -0.3 is 0 Å². The molecule has 0 unspecified atom stereocenters. The van der Waals surface area contributed by atoms with Crippen LogP contribution in [0.2, 0.25) is 0 Å². The zero-order chi connectivity index (χ0) is 11.8. The predicted molar refractivity (Wildman–Crippen MR) is 61.3 cm³/mol. The van der Waals surface area contributed by atoms with Crippen LogP contribution in [0.5, 0.6) is 0 Å². The number of aromatic nitrogens is 2. The van der Waals surface area contributed by atoms with Crippen LogP contribution in [0.1, 0.15) is 5.56 Å². The van der Waals surface area contributed by atoms with Crippen molar-refractivity contribution >= 4 is 19.7 Å². The van der Waals surface area contributed by atoms with E-state index in [1.165, 1.54) is 17.1 Å². The number of hydrogen-bond donors (Lipinski definition) is 0. The average molecular weight is 257 g/mol. The fraction of sp³-hybridized carbons (Fsp3) is 0.100. The summed E-state index contributed by atoms with van der Waals surface area (Å²) in [7, 11) is 1.50. The van der Waals surface area contributed by atoms with Gasteiger partial charge in [-0.25, -0.2) is 13.1 Å². The summed E-state index contributed by atoms with van der Waals surface area (Å²) in [6.45, 7) is 1.95. The topological polar surface area (TPSA) is 52.0 Å². The zero-order valence-electron chi connectivity index (χ0n) is 8.46. The summed E-state index contributed by atoms with van der Waals surface area (Å²) in [4.78, 5) is -0.00401. The summed E-state index contributed by atoms with van der Waals surface area (Å²) < 4.78 is 23.6. The van der Waals surface area contributed by atoms with Crippen molar-refractivity contribution in [3.63, 3.8) is 0 Å². The van der Waals surface area contributed by atoms with Gasteiger partial charge in [-0.3, -0.25) is 0 Å². The van der Waals surface area contributed by atoms with Crippen molar-refractivity contribution in [1.29, 1.82) is 0 Å². The van der Waals surface area contributed by atoms with E-state index in [1.54, 1.807) is 0 Å². The lowest BCUT2D eigenvalue weighted by Crippen LogP contribution is -1.94. The maximum absolute atomic E-state index is 11.1. The van der Waals surface area contributed by atoms with Crippen molar-refractivity contribution in [2.45, 2.75) is 11.8 Å². The zero-order valence-corrected chi connectivity index (χ0v) is 10.0. The first-order valence-corrected chi connectivity index (χ1v) is 6.84. The fourth-order valence-electron chi connectivity index (χ4n) is 1.34. The van der Waals surface area contributed by atoms with Crippen LogP contribution in [0.4, 0.5) is 0 Å². The van der Waals surface area contributed by atoms with E-state index in [2.05, 4.69) is 5.10 Å². The number of benzene rings is 1. The van der Waals surface area contributed by atoms with E-state index in [9.17, 15) is 8.42 Å². The molecule has 0 atom stereocenters. The van der Waals surface area contributed by atoms with Crippen molar-refractivity contribution in [2.24, 2.45) is 0 Å². The summed E-state index contributed by atoms with van der Waals surface area (Å²) in [5, 5.41) is 3.95. The molecule has 0 spiro atoms. The third-order valence-corrected chi connectivity index (χ3v) is 3.42. The molecule has 0 aliphatic carbocycles. The van der Waals surface area contributed by atoms with Crippen LogP contribution in [0.3, 0.4) is 0 Å². The minimum absolute atomic E-state index is 0.00401. The molecule has 0 radical (unpaired) electrons. The Bertz CT molecular complexity index is 619. The van der Waals surface area contributed by atoms with Gasteiger partial charge in [-0.15, -0.1) is 0 Å². The molecular formula is C10H9ClN2O2S. The molecule has 0 amide bonds. The smallest absolute Gasteiger partial charge is 0.240 e. The Balaban J connectivity index is 2.47. The minimum Gasteiger partial charge on any atom is -0.240 e. The van der Waals surface area contributed by atoms with Crippen molar-refractivity contribution in [2.75, 3.05) is 0 Å². The van der Waals surface area contributed by atoms with Crippen LogP contribution in [0, 0.1) is 6.92 Å². The molecule has 0 saturated carbocycles. The molecule has 0 fully saturated rings. The number of nitrogens with zero attached hydrogens (tertiary/aromatic N) is 2. The van der Waals surface area contributed by atoms with Crippen LogP contribution in [-0.2, 0) is 9.05 Å². The van der Waals surface area contributed by atoms with E-state index in [0.717, 1.165) is 11.3 Å². The lowest BCUT2D eigenvalue weighted by Gasteiger charge is -2.01. The third kappa shape index (κ3) is 2.25. The summed E-state index contributed by atoms with van der Waals surface area (Å²) >= 11 is 0. The van der Waals surface area contributed by atoms with Gasteiger partial charge in [0.15, 0.2) is 0 Å². The van der Waals surface area contributed by atoms with Gasteiger partial charge in [0, 0.05) is 10.7 Å². The summed E-state index contributed by atoms with van der Waals surface area (Å²) in [6.07, 6.45) is 2.61. The minimum atomic E-state index is -3.71. The highest BCUT2D eigenvalue weighted by Crippen LogP contribution is 2.16. The highest BCUT2D eigenvalue weighted by molar-refractivity contribution is 8.13. The summed E-state index contributed by atoms with van der Waals surface area (Å²) in [6, 6.07) is 7.57. The first-order valence-electron chi connectivity index (χ1n) is 4.53. The van der Waals surface area contributed by atoms with Gasteiger partial charge in [0.25, 0.3) is 9.05 Å². The Morgan fingerprint density at radius 2 is 2.12 bits per heavy atom. The van der Waals surface area contributed by atoms with Crippen molar-refractivity contribution in [3.05, 3.63) is 42.2 Å². The molecule has 0 bridgehead atoms. The van der Waals surface area contributed by atoms with Crippen molar-refractivity contribution < 1.29 is 8.42 Å². The standard InChI is InChI=1S/C10H9ClN2O2S/c1-8-3-2-4-9(5-8)13-7-10(6-12-13)16(11,14)15/h2-7H,1H3. The van der Waals surface area contributed by atoms with E-state index >= 15 is 0 Å². The first kappa shape index (κ1) is 11.2. The molecule has 0 saturated heterocycles. The Morgan fingerprint density at radius 3 is 2.69 bits per heavy atom. The predicted octanol–water partition coefficient (Wildman–Crippen LogP) is 2.11. The highest BCUT2D eigenvalue weighted by atomic mass is 35.7. The van der Waals surface area contributed by atoms with Crippen LogP contribution >= 0.6 is 10.7 Å². The molecule has 1 aromatic carbocycles. The Kier molecular flexibility index (Phi) is 2.73. The molecular weight excluding hydrogens is 248 g/mol. The first-order chi connectivity index (χ1) is 7.47. The van der Waals surface area contributed by atoms with Gasteiger partial charge in [-0.1, -0.05) is 12.1 Å². The second kappa shape index (κ2) is 3.92. The molecule has 0 N–H and O–H groups in total. The lowest BCUT2D eigenvalue weighted by atomic mass is 10.2. The SMILES string of the molecule is Cc1cccc(-n2cc(S(=O)(=O)Cl)cn2)c1. The molecule has 1 aromatic heterocycles. The molecule has 2 rings (SSSR count). The van der Waals surface area contributed by atoms with Gasteiger partial charge in [-0.05, 0) is 24.6 Å². The lowest BCUT2D eigenvalue weighted by molar-refractivity contribution is 0.609. The molecule has 16 heavy (non-hydrogen) atoms. The molecule has 4 nitrogen and oxygen atoms in total. The largest absolute Gasteiger partial charge is 0.264 e. The van der Waals surface area contributed by atoms with E-state index in [4.69, 9.17) is 10.7 Å². The molecule has 1 heterocycles.